The zero-order valence-corrected chi connectivity index (χ0v) is 6.19. The van der Waals surface area contributed by atoms with E-state index in [4.69, 9.17) is 14.9 Å². The Morgan fingerprint density at radius 3 is 2.18 bits per heavy atom. The maximum atomic E-state index is 8.80. The van der Waals surface area contributed by atoms with Crippen molar-refractivity contribution in [3.8, 4) is 5.75 Å². The van der Waals surface area contributed by atoms with Crippen molar-refractivity contribution in [2.45, 2.75) is 12.9 Å². The molecule has 0 fully saturated rings. The van der Waals surface area contributed by atoms with Crippen molar-refractivity contribution < 1.29 is 14.9 Å². The van der Waals surface area contributed by atoms with Crippen molar-refractivity contribution in [2.75, 3.05) is 0 Å². The molecule has 0 amide bonds. The van der Waals surface area contributed by atoms with Crippen LogP contribution >= 0.6 is 0 Å². The third-order valence-corrected chi connectivity index (χ3v) is 1.05. The summed E-state index contributed by atoms with van der Waals surface area (Å²) in [7, 11) is 0. The Kier molecular flexibility index (Phi) is 2.12. The van der Waals surface area contributed by atoms with Gasteiger partial charge >= 0.3 is 5.97 Å². The Morgan fingerprint density at radius 2 is 1.73 bits per heavy atom. The lowest BCUT2D eigenvalue weighted by Crippen LogP contribution is -2.30. The van der Waals surface area contributed by atoms with E-state index in [-0.39, 0.29) is 0 Å². The molecule has 60 valence electrons. The first-order valence-corrected chi connectivity index (χ1v) is 3.27. The number of ether oxygens (including phenoxy) is 1. The predicted molar refractivity (Wildman–Crippen MR) is 39.9 cm³/mol. The summed E-state index contributed by atoms with van der Waals surface area (Å²) in [4.78, 5) is 0. The normalized spacial score (nSPS) is 11.2. The highest BCUT2D eigenvalue weighted by Gasteiger charge is 2.15. The summed E-state index contributed by atoms with van der Waals surface area (Å²) in [6.07, 6.45) is 0. The van der Waals surface area contributed by atoms with Crippen LogP contribution in [-0.2, 0) is 0 Å². The van der Waals surface area contributed by atoms with Gasteiger partial charge in [0.15, 0.2) is 0 Å². The third kappa shape index (κ3) is 3.02. The van der Waals surface area contributed by atoms with Crippen LogP contribution in [0.3, 0.4) is 0 Å². The van der Waals surface area contributed by atoms with Gasteiger partial charge in [0.25, 0.3) is 0 Å². The van der Waals surface area contributed by atoms with Gasteiger partial charge < -0.3 is 14.9 Å². The molecule has 0 spiro atoms. The highest BCUT2D eigenvalue weighted by atomic mass is 16.8. The second-order valence-electron chi connectivity index (χ2n) is 2.35. The van der Waals surface area contributed by atoms with Gasteiger partial charge in [-0.05, 0) is 12.1 Å². The Hall–Kier alpha value is -1.06. The summed E-state index contributed by atoms with van der Waals surface area (Å²) < 4.78 is 4.71. The molecule has 11 heavy (non-hydrogen) atoms. The summed E-state index contributed by atoms with van der Waals surface area (Å²) in [5.41, 5.74) is 0. The van der Waals surface area contributed by atoms with E-state index >= 15 is 0 Å². The SMILES string of the molecule is CC(O)(O)Oc1ccccc1. The maximum Gasteiger partial charge on any atom is 0.318 e. The molecule has 0 aliphatic carbocycles. The Bertz CT molecular complexity index is 213. The number of hydrogen-bond donors (Lipinski definition) is 2. The van der Waals surface area contributed by atoms with Crippen LogP contribution in [0.15, 0.2) is 30.3 Å². The van der Waals surface area contributed by atoms with Gasteiger partial charge in [0.1, 0.15) is 5.75 Å². The average Bonchev–Trinajstić information content (AvgIpc) is 1.85. The minimum Gasteiger partial charge on any atom is -0.439 e. The van der Waals surface area contributed by atoms with Gasteiger partial charge in [-0.25, -0.2) is 0 Å². The van der Waals surface area contributed by atoms with Crippen molar-refractivity contribution in [3.05, 3.63) is 30.3 Å². The molecule has 3 nitrogen and oxygen atoms in total. The fourth-order valence-corrected chi connectivity index (χ4v) is 0.712. The second-order valence-corrected chi connectivity index (χ2v) is 2.35. The van der Waals surface area contributed by atoms with Crippen LogP contribution < -0.4 is 4.74 Å². The van der Waals surface area contributed by atoms with E-state index in [1.807, 2.05) is 6.07 Å². The van der Waals surface area contributed by atoms with Crippen molar-refractivity contribution in [3.63, 3.8) is 0 Å². The van der Waals surface area contributed by atoms with E-state index in [9.17, 15) is 0 Å². The lowest BCUT2D eigenvalue weighted by Gasteiger charge is -2.17. The quantitative estimate of drug-likeness (QED) is 0.617. The van der Waals surface area contributed by atoms with Gasteiger partial charge in [0.2, 0.25) is 0 Å². The van der Waals surface area contributed by atoms with Gasteiger partial charge in [-0.1, -0.05) is 18.2 Å². The maximum absolute atomic E-state index is 8.80. The molecule has 1 rings (SSSR count). The van der Waals surface area contributed by atoms with E-state index in [1.54, 1.807) is 24.3 Å². The van der Waals surface area contributed by atoms with Crippen LogP contribution in [0.5, 0.6) is 5.75 Å². The molecule has 2 N–H and O–H groups in total. The van der Waals surface area contributed by atoms with Gasteiger partial charge in [-0.15, -0.1) is 0 Å². The molecule has 3 heteroatoms. The topological polar surface area (TPSA) is 49.7 Å². The molecule has 0 bridgehead atoms. The molecule has 0 atom stereocenters. The zero-order valence-electron chi connectivity index (χ0n) is 6.19. The minimum atomic E-state index is -2.10. The lowest BCUT2D eigenvalue weighted by molar-refractivity contribution is -0.277. The molecule has 0 radical (unpaired) electrons. The predicted octanol–water partition coefficient (Wildman–Crippen LogP) is 0.724. The highest BCUT2D eigenvalue weighted by molar-refractivity contribution is 5.21. The largest absolute Gasteiger partial charge is 0.439 e. The summed E-state index contributed by atoms with van der Waals surface area (Å²) in [6.45, 7) is 1.15. The number of aliphatic hydroxyl groups is 2. The van der Waals surface area contributed by atoms with Crippen LogP contribution in [0.25, 0.3) is 0 Å². The summed E-state index contributed by atoms with van der Waals surface area (Å²) in [5, 5.41) is 17.6. The highest BCUT2D eigenvalue weighted by Crippen LogP contribution is 2.13. The van der Waals surface area contributed by atoms with E-state index in [2.05, 4.69) is 0 Å². The van der Waals surface area contributed by atoms with Gasteiger partial charge in [-0.3, -0.25) is 0 Å². The van der Waals surface area contributed by atoms with E-state index < -0.39 is 5.97 Å². The fraction of sp³-hybridized carbons (Fsp3) is 0.250. The standard InChI is InChI=1S/C8H10O3/c1-8(9,10)11-7-5-3-2-4-6-7/h2-6,9-10H,1H3. The van der Waals surface area contributed by atoms with Crippen LogP contribution in [0, 0.1) is 0 Å². The van der Waals surface area contributed by atoms with E-state index in [1.165, 1.54) is 0 Å². The Labute approximate surface area is 64.9 Å². The van der Waals surface area contributed by atoms with Gasteiger partial charge in [0, 0.05) is 6.92 Å². The zero-order chi connectivity index (χ0) is 8.32. The fourth-order valence-electron chi connectivity index (χ4n) is 0.712. The molecule has 0 aliphatic heterocycles. The van der Waals surface area contributed by atoms with Crippen LogP contribution in [0.4, 0.5) is 0 Å². The number of hydrogen-bond acceptors (Lipinski definition) is 3. The van der Waals surface area contributed by atoms with Crippen molar-refractivity contribution in [2.24, 2.45) is 0 Å². The van der Waals surface area contributed by atoms with Crippen LogP contribution in [0.1, 0.15) is 6.92 Å². The van der Waals surface area contributed by atoms with Crippen molar-refractivity contribution in [1.82, 2.24) is 0 Å². The Balaban J connectivity index is 2.66. The van der Waals surface area contributed by atoms with Gasteiger partial charge in [0.05, 0.1) is 0 Å². The van der Waals surface area contributed by atoms with Crippen LogP contribution in [-0.4, -0.2) is 16.2 Å². The molecule has 0 aromatic heterocycles. The molecule has 0 aliphatic rings. The minimum absolute atomic E-state index is 0.431. The van der Waals surface area contributed by atoms with Crippen molar-refractivity contribution >= 4 is 0 Å². The molecule has 0 saturated heterocycles. The average molecular weight is 154 g/mol. The Morgan fingerprint density at radius 1 is 1.18 bits per heavy atom. The molecular formula is C8H10O3. The number of rotatable bonds is 2. The second kappa shape index (κ2) is 2.90. The molecule has 0 saturated carbocycles. The molecule has 1 aromatic carbocycles. The van der Waals surface area contributed by atoms with Crippen LogP contribution in [0.2, 0.25) is 0 Å². The smallest absolute Gasteiger partial charge is 0.318 e. The lowest BCUT2D eigenvalue weighted by atomic mass is 10.3. The van der Waals surface area contributed by atoms with E-state index in [0.717, 1.165) is 6.92 Å². The summed E-state index contributed by atoms with van der Waals surface area (Å²) in [5.74, 6) is -1.67. The molecule has 0 heterocycles. The van der Waals surface area contributed by atoms with Gasteiger partial charge in [-0.2, -0.15) is 0 Å². The number of benzene rings is 1. The van der Waals surface area contributed by atoms with E-state index in [0.29, 0.717) is 5.75 Å². The monoisotopic (exact) mass is 154 g/mol. The molecule has 0 unspecified atom stereocenters. The molecular weight excluding hydrogens is 144 g/mol. The summed E-state index contributed by atoms with van der Waals surface area (Å²) in [6, 6.07) is 8.61. The van der Waals surface area contributed by atoms with Crippen molar-refractivity contribution in [1.29, 1.82) is 0 Å². The summed E-state index contributed by atoms with van der Waals surface area (Å²) >= 11 is 0. The first-order chi connectivity index (χ1) is 5.08. The first-order valence-electron chi connectivity index (χ1n) is 3.27. The first kappa shape index (κ1) is 8.04. The number of para-hydroxylation sites is 1. The molecule has 1 aromatic rings. The third-order valence-electron chi connectivity index (χ3n) is 1.05.